The number of aromatic nitrogens is 3. The Morgan fingerprint density at radius 1 is 0.917 bits per heavy atom. The third kappa shape index (κ3) is 4.75. The molecule has 0 saturated carbocycles. The zero-order valence-corrected chi connectivity index (χ0v) is 20.9. The summed E-state index contributed by atoms with van der Waals surface area (Å²) in [5.74, 6) is 1.81. The third-order valence-corrected chi connectivity index (χ3v) is 7.38. The molecule has 0 spiro atoms. The Labute approximate surface area is 213 Å². The van der Waals surface area contributed by atoms with E-state index in [1.807, 2.05) is 42.5 Å². The van der Waals surface area contributed by atoms with E-state index in [1.165, 1.54) is 10.4 Å². The third-order valence-electron chi connectivity index (χ3n) is 6.41. The van der Waals surface area contributed by atoms with E-state index >= 15 is 0 Å². The Bertz CT molecular complexity index is 1430. The molecule has 5 aromatic rings. The van der Waals surface area contributed by atoms with Crippen molar-refractivity contribution in [1.82, 2.24) is 19.9 Å². The van der Waals surface area contributed by atoms with Gasteiger partial charge in [-0.15, -0.1) is 11.3 Å². The number of morpholine rings is 1. The van der Waals surface area contributed by atoms with Gasteiger partial charge in [-0.2, -0.15) is 4.98 Å². The van der Waals surface area contributed by atoms with Gasteiger partial charge in [0.15, 0.2) is 11.6 Å². The number of nitrogens with one attached hydrogen (secondary N) is 1. The van der Waals surface area contributed by atoms with Crippen LogP contribution in [-0.2, 0) is 4.74 Å². The predicted molar refractivity (Wildman–Crippen MR) is 143 cm³/mol. The van der Waals surface area contributed by atoms with Crippen LogP contribution < -0.4 is 5.32 Å². The van der Waals surface area contributed by atoms with Gasteiger partial charge >= 0.3 is 0 Å². The lowest BCUT2D eigenvalue weighted by atomic mass is 10.1. The highest BCUT2D eigenvalue weighted by atomic mass is 32.1. The lowest BCUT2D eigenvalue weighted by Crippen LogP contribution is -2.41. The van der Waals surface area contributed by atoms with Crippen LogP contribution in [0.5, 0.6) is 0 Å². The van der Waals surface area contributed by atoms with Crippen LogP contribution in [0.15, 0.2) is 76.5 Å². The molecule has 1 aliphatic heterocycles. The average molecular weight is 498 g/mol. The SMILES string of the molecule is Cc1ccc(-c2nc(NCC(c3cccs3)N3CCOCC3)c3oc(-c4ccccc4)nc3n2)cc1. The van der Waals surface area contributed by atoms with E-state index in [9.17, 15) is 0 Å². The van der Waals surface area contributed by atoms with Gasteiger partial charge in [-0.3, -0.25) is 4.90 Å². The normalized spacial score (nSPS) is 15.2. The van der Waals surface area contributed by atoms with E-state index in [-0.39, 0.29) is 6.04 Å². The molecule has 7 nitrogen and oxygen atoms in total. The lowest BCUT2D eigenvalue weighted by Gasteiger charge is -2.34. The van der Waals surface area contributed by atoms with Gasteiger partial charge in [0, 0.05) is 35.6 Å². The second kappa shape index (κ2) is 10.2. The first kappa shape index (κ1) is 22.8. The summed E-state index contributed by atoms with van der Waals surface area (Å²) in [5, 5.41) is 5.73. The van der Waals surface area contributed by atoms with Crippen molar-refractivity contribution in [2.75, 3.05) is 38.2 Å². The summed E-state index contributed by atoms with van der Waals surface area (Å²) in [5.41, 5.74) is 4.15. The summed E-state index contributed by atoms with van der Waals surface area (Å²) in [6, 6.07) is 22.6. The van der Waals surface area contributed by atoms with Crippen LogP contribution in [0.25, 0.3) is 34.1 Å². The van der Waals surface area contributed by atoms with Gasteiger partial charge in [0.1, 0.15) is 0 Å². The number of anilines is 1. The predicted octanol–water partition coefficient (Wildman–Crippen LogP) is 5.81. The van der Waals surface area contributed by atoms with Crippen molar-refractivity contribution in [3.8, 4) is 22.8 Å². The van der Waals surface area contributed by atoms with E-state index in [0.717, 1.165) is 37.4 Å². The maximum Gasteiger partial charge on any atom is 0.229 e. The van der Waals surface area contributed by atoms with Gasteiger partial charge < -0.3 is 14.5 Å². The van der Waals surface area contributed by atoms with Crippen LogP contribution in [0.1, 0.15) is 16.5 Å². The van der Waals surface area contributed by atoms with Gasteiger partial charge in [0.05, 0.1) is 19.3 Å². The standard InChI is InChI=1S/C28H27N5O2S/c1-19-9-11-20(12-10-19)25-30-26(24-27(31-25)32-28(35-24)21-6-3-2-4-7-21)29-18-22(23-8-5-17-36-23)33-13-15-34-16-14-33/h2-12,17,22H,13-16,18H2,1H3,(H,29,30,31). The molecule has 1 aliphatic rings. The van der Waals surface area contributed by atoms with Crippen molar-refractivity contribution < 1.29 is 9.15 Å². The average Bonchev–Trinajstić information content (AvgIpc) is 3.61. The molecule has 0 amide bonds. The van der Waals surface area contributed by atoms with E-state index < -0.39 is 0 Å². The van der Waals surface area contributed by atoms with Crippen LogP contribution in [0, 0.1) is 6.92 Å². The number of aryl methyl sites for hydroxylation is 1. The minimum absolute atomic E-state index is 0.207. The Kier molecular flexibility index (Phi) is 6.46. The van der Waals surface area contributed by atoms with E-state index in [2.05, 4.69) is 46.8 Å². The fraction of sp³-hybridized carbons (Fsp3) is 0.250. The smallest absolute Gasteiger partial charge is 0.229 e. The molecule has 182 valence electrons. The maximum absolute atomic E-state index is 6.23. The van der Waals surface area contributed by atoms with Crippen LogP contribution in [0.2, 0.25) is 0 Å². The number of oxazole rings is 1. The van der Waals surface area contributed by atoms with Gasteiger partial charge in [0.2, 0.25) is 17.1 Å². The minimum Gasteiger partial charge on any atom is -0.430 e. The van der Waals surface area contributed by atoms with E-state index in [4.69, 9.17) is 24.1 Å². The largest absolute Gasteiger partial charge is 0.430 e. The summed E-state index contributed by atoms with van der Waals surface area (Å²) in [6.07, 6.45) is 0. The first-order chi connectivity index (χ1) is 17.7. The molecular weight excluding hydrogens is 470 g/mol. The summed E-state index contributed by atoms with van der Waals surface area (Å²) < 4.78 is 11.8. The molecular formula is C28H27N5O2S. The summed E-state index contributed by atoms with van der Waals surface area (Å²) >= 11 is 1.78. The van der Waals surface area contributed by atoms with Crippen LogP contribution >= 0.6 is 11.3 Å². The number of nitrogens with zero attached hydrogens (tertiary/aromatic N) is 4. The molecule has 0 radical (unpaired) electrons. The van der Waals surface area contributed by atoms with Crippen molar-refractivity contribution in [3.63, 3.8) is 0 Å². The lowest BCUT2D eigenvalue weighted by molar-refractivity contribution is 0.0194. The Morgan fingerprint density at radius 2 is 1.72 bits per heavy atom. The van der Waals surface area contributed by atoms with Crippen molar-refractivity contribution in [3.05, 3.63) is 82.6 Å². The van der Waals surface area contributed by atoms with E-state index in [1.54, 1.807) is 11.3 Å². The maximum atomic E-state index is 6.23. The second-order valence-corrected chi connectivity index (χ2v) is 9.84. The van der Waals surface area contributed by atoms with Crippen LogP contribution in [-0.4, -0.2) is 52.7 Å². The molecule has 36 heavy (non-hydrogen) atoms. The van der Waals surface area contributed by atoms with Gasteiger partial charge in [0.25, 0.3) is 0 Å². The minimum atomic E-state index is 0.207. The molecule has 6 rings (SSSR count). The van der Waals surface area contributed by atoms with Crippen molar-refractivity contribution in [2.24, 2.45) is 0 Å². The molecule has 1 N–H and O–H groups in total. The first-order valence-electron chi connectivity index (χ1n) is 12.1. The van der Waals surface area contributed by atoms with Crippen molar-refractivity contribution in [2.45, 2.75) is 13.0 Å². The molecule has 1 fully saturated rings. The van der Waals surface area contributed by atoms with Gasteiger partial charge in [-0.05, 0) is 30.5 Å². The summed E-state index contributed by atoms with van der Waals surface area (Å²) in [7, 11) is 0. The zero-order chi connectivity index (χ0) is 24.3. The van der Waals surface area contributed by atoms with Crippen molar-refractivity contribution in [1.29, 1.82) is 0 Å². The number of ether oxygens (including phenoxy) is 1. The molecule has 1 atom stereocenters. The molecule has 0 bridgehead atoms. The topological polar surface area (TPSA) is 76.3 Å². The fourth-order valence-electron chi connectivity index (χ4n) is 4.45. The first-order valence-corrected chi connectivity index (χ1v) is 13.0. The highest BCUT2D eigenvalue weighted by molar-refractivity contribution is 7.10. The van der Waals surface area contributed by atoms with Crippen molar-refractivity contribution >= 4 is 28.4 Å². The molecule has 2 aromatic carbocycles. The Hall–Kier alpha value is -3.59. The van der Waals surface area contributed by atoms with Gasteiger partial charge in [-0.1, -0.05) is 54.1 Å². The number of hydrogen-bond donors (Lipinski definition) is 1. The second-order valence-electron chi connectivity index (χ2n) is 8.86. The number of hydrogen-bond acceptors (Lipinski definition) is 8. The van der Waals surface area contributed by atoms with Crippen LogP contribution in [0.3, 0.4) is 0 Å². The Balaban J connectivity index is 1.39. The van der Waals surface area contributed by atoms with E-state index in [0.29, 0.717) is 35.3 Å². The highest BCUT2D eigenvalue weighted by Gasteiger charge is 2.25. The number of rotatable bonds is 7. The van der Waals surface area contributed by atoms with Gasteiger partial charge in [-0.25, -0.2) is 9.97 Å². The summed E-state index contributed by atoms with van der Waals surface area (Å²) in [6.45, 7) is 6.05. The summed E-state index contributed by atoms with van der Waals surface area (Å²) in [4.78, 5) is 18.2. The quantitative estimate of drug-likeness (QED) is 0.304. The molecule has 4 heterocycles. The Morgan fingerprint density at radius 3 is 2.47 bits per heavy atom. The van der Waals surface area contributed by atoms with Crippen LogP contribution in [0.4, 0.5) is 5.82 Å². The fourth-order valence-corrected chi connectivity index (χ4v) is 5.31. The molecule has 1 unspecified atom stereocenters. The monoisotopic (exact) mass is 497 g/mol. The highest BCUT2D eigenvalue weighted by Crippen LogP contribution is 2.32. The number of fused-ring (bicyclic) bond motifs is 1. The molecule has 1 saturated heterocycles. The number of benzene rings is 2. The number of thiophene rings is 1. The molecule has 3 aromatic heterocycles. The zero-order valence-electron chi connectivity index (χ0n) is 20.1. The molecule has 0 aliphatic carbocycles. The molecule has 8 heteroatoms.